The van der Waals surface area contributed by atoms with Gasteiger partial charge in [0.05, 0.1) is 11.8 Å². The Hall–Kier alpha value is -0.520. The number of carbonyl (C=O) groups excluding carboxylic acids is 1. The summed E-state index contributed by atoms with van der Waals surface area (Å²) in [6.45, 7) is 4.18. The van der Waals surface area contributed by atoms with Crippen molar-refractivity contribution in [1.29, 1.82) is 0 Å². The Balaban J connectivity index is 1.76. The first-order chi connectivity index (χ1) is 9.65. The third-order valence-electron chi connectivity index (χ3n) is 3.46. The van der Waals surface area contributed by atoms with Gasteiger partial charge in [0.1, 0.15) is 0 Å². The minimum Gasteiger partial charge on any atom is -0.349 e. The number of halogens is 1. The smallest absolute Gasteiger partial charge is 0.230 e. The van der Waals surface area contributed by atoms with E-state index >= 15 is 0 Å². The van der Waals surface area contributed by atoms with Crippen LogP contribution in [0.4, 0.5) is 0 Å². The van der Waals surface area contributed by atoms with Crippen molar-refractivity contribution >= 4 is 33.6 Å². The summed E-state index contributed by atoms with van der Waals surface area (Å²) < 4.78 is 1.04. The molecule has 1 aliphatic rings. The van der Waals surface area contributed by atoms with Crippen LogP contribution in [0.3, 0.4) is 0 Å². The summed E-state index contributed by atoms with van der Waals surface area (Å²) in [4.78, 5) is 12.0. The molecule has 1 unspecified atom stereocenters. The lowest BCUT2D eigenvalue weighted by molar-refractivity contribution is -0.119. The van der Waals surface area contributed by atoms with Crippen molar-refractivity contribution < 1.29 is 4.79 Å². The highest BCUT2D eigenvalue weighted by Crippen LogP contribution is 2.21. The standard InChI is InChI=1S/C15H21BrN2OS/c1-11(12-3-2-4-13(16)9-12)18-15(19)10-20-14-5-7-17-8-6-14/h2-4,9,11,14,17H,5-8,10H2,1H3,(H,18,19). The number of piperidine rings is 1. The van der Waals surface area contributed by atoms with Gasteiger partial charge in [-0.15, -0.1) is 11.8 Å². The highest BCUT2D eigenvalue weighted by Gasteiger charge is 2.16. The summed E-state index contributed by atoms with van der Waals surface area (Å²) in [6.07, 6.45) is 2.33. The van der Waals surface area contributed by atoms with Crippen LogP contribution in [0, 0.1) is 0 Å². The van der Waals surface area contributed by atoms with E-state index in [-0.39, 0.29) is 11.9 Å². The molecule has 2 N–H and O–H groups in total. The Labute approximate surface area is 133 Å². The van der Waals surface area contributed by atoms with Crippen LogP contribution in [0.5, 0.6) is 0 Å². The number of carbonyl (C=O) groups is 1. The number of hydrogen-bond donors (Lipinski definition) is 2. The van der Waals surface area contributed by atoms with Gasteiger partial charge in [0.15, 0.2) is 0 Å². The SMILES string of the molecule is CC(NC(=O)CSC1CCNCC1)c1cccc(Br)c1. The predicted molar refractivity (Wildman–Crippen MR) is 89.0 cm³/mol. The van der Waals surface area contributed by atoms with Gasteiger partial charge in [-0.05, 0) is 50.6 Å². The molecule has 3 nitrogen and oxygen atoms in total. The van der Waals surface area contributed by atoms with Crippen molar-refractivity contribution in [3.05, 3.63) is 34.3 Å². The third kappa shape index (κ3) is 5.11. The molecule has 0 spiro atoms. The summed E-state index contributed by atoms with van der Waals surface area (Å²) in [5.41, 5.74) is 1.12. The van der Waals surface area contributed by atoms with E-state index in [1.165, 1.54) is 12.8 Å². The Bertz CT molecular complexity index is 449. The molecule has 2 rings (SSSR count). The molecule has 0 aliphatic carbocycles. The third-order valence-corrected chi connectivity index (χ3v) is 5.33. The zero-order valence-electron chi connectivity index (χ0n) is 11.7. The Morgan fingerprint density at radius 2 is 2.25 bits per heavy atom. The molecular formula is C15H21BrN2OS. The largest absolute Gasteiger partial charge is 0.349 e. The quantitative estimate of drug-likeness (QED) is 0.851. The molecule has 1 saturated heterocycles. The van der Waals surface area contributed by atoms with E-state index in [2.05, 4.69) is 26.6 Å². The predicted octanol–water partition coefficient (Wildman–Crippen LogP) is 3.11. The van der Waals surface area contributed by atoms with Crippen LogP contribution in [0.2, 0.25) is 0 Å². The molecule has 1 heterocycles. The fourth-order valence-corrected chi connectivity index (χ4v) is 3.75. The number of hydrogen-bond acceptors (Lipinski definition) is 3. The monoisotopic (exact) mass is 356 g/mol. The highest BCUT2D eigenvalue weighted by molar-refractivity contribution is 9.10. The van der Waals surface area contributed by atoms with Crippen LogP contribution in [0.15, 0.2) is 28.7 Å². The van der Waals surface area contributed by atoms with Crippen LogP contribution in [-0.4, -0.2) is 30.0 Å². The van der Waals surface area contributed by atoms with E-state index in [0.717, 1.165) is 23.1 Å². The minimum atomic E-state index is 0.0497. The van der Waals surface area contributed by atoms with Crippen LogP contribution in [-0.2, 0) is 4.79 Å². The van der Waals surface area contributed by atoms with Crippen LogP contribution < -0.4 is 10.6 Å². The molecule has 110 valence electrons. The Morgan fingerprint density at radius 3 is 2.95 bits per heavy atom. The van der Waals surface area contributed by atoms with Crippen LogP contribution in [0.25, 0.3) is 0 Å². The van der Waals surface area contributed by atoms with Gasteiger partial charge in [-0.1, -0.05) is 28.1 Å². The van der Waals surface area contributed by atoms with Crippen molar-refractivity contribution in [2.75, 3.05) is 18.8 Å². The summed E-state index contributed by atoms with van der Waals surface area (Å²) in [5, 5.41) is 7.04. The summed E-state index contributed by atoms with van der Waals surface area (Å²) in [5.74, 6) is 0.684. The molecule has 1 amide bonds. The molecule has 0 aromatic heterocycles. The second-order valence-electron chi connectivity index (χ2n) is 5.10. The van der Waals surface area contributed by atoms with Gasteiger partial charge in [0.2, 0.25) is 5.91 Å². The maximum atomic E-state index is 12.0. The average molecular weight is 357 g/mol. The molecule has 0 saturated carbocycles. The van der Waals surface area contributed by atoms with E-state index in [1.807, 2.05) is 31.2 Å². The minimum absolute atomic E-state index is 0.0497. The number of nitrogens with one attached hydrogen (secondary N) is 2. The van der Waals surface area contributed by atoms with Crippen molar-refractivity contribution in [3.63, 3.8) is 0 Å². The molecule has 0 radical (unpaired) electrons. The molecule has 20 heavy (non-hydrogen) atoms. The van der Waals surface area contributed by atoms with Gasteiger partial charge in [-0.25, -0.2) is 0 Å². The average Bonchev–Trinajstić information content (AvgIpc) is 2.46. The fraction of sp³-hybridized carbons (Fsp3) is 0.533. The molecule has 0 bridgehead atoms. The zero-order valence-corrected chi connectivity index (χ0v) is 14.1. The van der Waals surface area contributed by atoms with Gasteiger partial charge in [0, 0.05) is 9.72 Å². The van der Waals surface area contributed by atoms with Crippen molar-refractivity contribution in [2.24, 2.45) is 0 Å². The van der Waals surface area contributed by atoms with Gasteiger partial charge in [0.25, 0.3) is 0 Å². The summed E-state index contributed by atoms with van der Waals surface area (Å²) >= 11 is 5.24. The molecule has 1 fully saturated rings. The van der Waals surface area contributed by atoms with E-state index < -0.39 is 0 Å². The second kappa shape index (κ2) is 8.05. The maximum Gasteiger partial charge on any atom is 0.230 e. The van der Waals surface area contributed by atoms with Crippen molar-refractivity contribution in [2.45, 2.75) is 31.1 Å². The summed E-state index contributed by atoms with van der Waals surface area (Å²) in [6, 6.07) is 8.12. The van der Waals surface area contributed by atoms with Crippen molar-refractivity contribution in [3.8, 4) is 0 Å². The van der Waals surface area contributed by atoms with E-state index in [4.69, 9.17) is 0 Å². The normalized spacial score (nSPS) is 17.7. The first kappa shape index (κ1) is 15.9. The lowest BCUT2D eigenvalue weighted by atomic mass is 10.1. The molecule has 1 aliphatic heterocycles. The Kier molecular flexibility index (Phi) is 6.39. The first-order valence-electron chi connectivity index (χ1n) is 7.02. The van der Waals surface area contributed by atoms with E-state index in [0.29, 0.717) is 11.0 Å². The number of amides is 1. The van der Waals surface area contributed by atoms with E-state index in [1.54, 1.807) is 11.8 Å². The molecule has 1 atom stereocenters. The first-order valence-corrected chi connectivity index (χ1v) is 8.86. The lowest BCUT2D eigenvalue weighted by Crippen LogP contribution is -2.32. The summed E-state index contributed by atoms with van der Waals surface area (Å²) in [7, 11) is 0. The van der Waals surface area contributed by atoms with Gasteiger partial charge >= 0.3 is 0 Å². The van der Waals surface area contributed by atoms with Crippen LogP contribution >= 0.6 is 27.7 Å². The van der Waals surface area contributed by atoms with Crippen molar-refractivity contribution in [1.82, 2.24) is 10.6 Å². The second-order valence-corrected chi connectivity index (χ2v) is 7.31. The fourth-order valence-electron chi connectivity index (χ4n) is 2.30. The topological polar surface area (TPSA) is 41.1 Å². The molecule has 1 aromatic rings. The van der Waals surface area contributed by atoms with Gasteiger partial charge in [-0.3, -0.25) is 4.79 Å². The number of rotatable bonds is 5. The molecular weight excluding hydrogens is 336 g/mol. The zero-order chi connectivity index (χ0) is 14.4. The highest BCUT2D eigenvalue weighted by atomic mass is 79.9. The lowest BCUT2D eigenvalue weighted by Gasteiger charge is -2.22. The molecule has 5 heteroatoms. The van der Waals surface area contributed by atoms with E-state index in [9.17, 15) is 4.79 Å². The molecule has 1 aromatic carbocycles. The van der Waals surface area contributed by atoms with Crippen LogP contribution in [0.1, 0.15) is 31.4 Å². The van der Waals surface area contributed by atoms with Gasteiger partial charge < -0.3 is 10.6 Å². The number of thioether (sulfide) groups is 1. The maximum absolute atomic E-state index is 12.0. The Morgan fingerprint density at radius 1 is 1.50 bits per heavy atom. The number of benzene rings is 1. The van der Waals surface area contributed by atoms with Gasteiger partial charge in [-0.2, -0.15) is 0 Å².